The van der Waals surface area contributed by atoms with Gasteiger partial charge in [0.25, 0.3) is 0 Å². The van der Waals surface area contributed by atoms with E-state index in [2.05, 4.69) is 5.32 Å². The first-order valence-electron chi connectivity index (χ1n) is 4.17. The molecule has 1 aliphatic heterocycles. The van der Waals surface area contributed by atoms with Gasteiger partial charge in [-0.15, -0.1) is 0 Å². The Kier molecular flexibility index (Phi) is 3.36. The zero-order chi connectivity index (χ0) is 8.10. The third-order valence-electron chi connectivity index (χ3n) is 1.91. The Bertz CT molecular complexity index is 136. The van der Waals surface area contributed by atoms with Gasteiger partial charge in [0.2, 0.25) is 5.91 Å². The lowest BCUT2D eigenvalue weighted by atomic mass is 9.99. The van der Waals surface area contributed by atoms with Gasteiger partial charge in [0, 0.05) is 26.2 Å². The van der Waals surface area contributed by atoms with Gasteiger partial charge in [-0.25, -0.2) is 0 Å². The molecule has 0 aromatic carbocycles. The van der Waals surface area contributed by atoms with Crippen molar-refractivity contribution in [1.82, 2.24) is 5.32 Å². The van der Waals surface area contributed by atoms with Crippen molar-refractivity contribution in [3.05, 3.63) is 0 Å². The van der Waals surface area contributed by atoms with Crippen LogP contribution in [0.25, 0.3) is 0 Å². The second-order valence-corrected chi connectivity index (χ2v) is 2.87. The molecule has 1 aliphatic rings. The molecule has 1 amide bonds. The van der Waals surface area contributed by atoms with Crippen molar-refractivity contribution in [2.45, 2.75) is 19.8 Å². The number of carbonyl (C=O) groups is 1. The number of rotatable bonds is 3. The van der Waals surface area contributed by atoms with Gasteiger partial charge in [-0.3, -0.25) is 4.79 Å². The van der Waals surface area contributed by atoms with E-state index >= 15 is 0 Å². The van der Waals surface area contributed by atoms with E-state index in [0.29, 0.717) is 12.3 Å². The summed E-state index contributed by atoms with van der Waals surface area (Å²) >= 11 is 0. The molecule has 0 spiro atoms. The lowest BCUT2D eigenvalue weighted by Gasteiger charge is -2.21. The number of amides is 1. The first kappa shape index (κ1) is 8.53. The van der Waals surface area contributed by atoms with E-state index in [-0.39, 0.29) is 5.91 Å². The van der Waals surface area contributed by atoms with Crippen molar-refractivity contribution >= 4 is 5.91 Å². The Morgan fingerprint density at radius 1 is 1.73 bits per heavy atom. The number of ether oxygens (including phenoxy) is 1. The minimum atomic E-state index is 0.168. The molecule has 1 fully saturated rings. The van der Waals surface area contributed by atoms with Gasteiger partial charge in [-0.1, -0.05) is 0 Å². The topological polar surface area (TPSA) is 38.3 Å². The molecule has 1 heterocycles. The van der Waals surface area contributed by atoms with Crippen molar-refractivity contribution in [3.8, 4) is 0 Å². The Morgan fingerprint density at radius 2 is 2.55 bits per heavy atom. The van der Waals surface area contributed by atoms with Crippen LogP contribution in [-0.2, 0) is 9.53 Å². The molecular formula is C8H15NO2. The van der Waals surface area contributed by atoms with Crippen LogP contribution in [-0.4, -0.2) is 25.7 Å². The summed E-state index contributed by atoms with van der Waals surface area (Å²) in [5, 5.41) is 2.79. The number of nitrogens with one attached hydrogen (secondary N) is 1. The van der Waals surface area contributed by atoms with Gasteiger partial charge < -0.3 is 10.1 Å². The molecule has 1 rings (SSSR count). The lowest BCUT2D eigenvalue weighted by Crippen LogP contribution is -2.35. The molecule has 0 aromatic heterocycles. The summed E-state index contributed by atoms with van der Waals surface area (Å²) in [5.74, 6) is 0.615. The van der Waals surface area contributed by atoms with Crippen molar-refractivity contribution in [1.29, 1.82) is 0 Å². The van der Waals surface area contributed by atoms with Gasteiger partial charge in [-0.2, -0.15) is 0 Å². The van der Waals surface area contributed by atoms with Crippen LogP contribution in [0, 0.1) is 5.92 Å². The average Bonchev–Trinajstić information content (AvgIpc) is 2.01. The van der Waals surface area contributed by atoms with Crippen LogP contribution in [0.15, 0.2) is 0 Å². The molecule has 64 valence electrons. The molecule has 0 aliphatic carbocycles. The Morgan fingerprint density at radius 3 is 3.18 bits per heavy atom. The van der Waals surface area contributed by atoms with Crippen molar-refractivity contribution in [2.24, 2.45) is 5.92 Å². The van der Waals surface area contributed by atoms with E-state index < -0.39 is 0 Å². The Hall–Kier alpha value is -0.570. The standard InChI is InChI=1S/C8H15NO2/c1-2-11-6-7-3-4-9-8(10)5-7/h7H,2-6H2,1H3,(H,9,10)/t7-/m1/s1. The largest absolute Gasteiger partial charge is 0.381 e. The predicted octanol–water partition coefficient (Wildman–Crippen LogP) is 0.549. The van der Waals surface area contributed by atoms with Crippen LogP contribution in [0.5, 0.6) is 0 Å². The van der Waals surface area contributed by atoms with Crippen molar-refractivity contribution < 1.29 is 9.53 Å². The monoisotopic (exact) mass is 157 g/mol. The summed E-state index contributed by atoms with van der Waals surface area (Å²) in [5.41, 5.74) is 0. The second-order valence-electron chi connectivity index (χ2n) is 2.87. The molecule has 1 N–H and O–H groups in total. The highest BCUT2D eigenvalue weighted by atomic mass is 16.5. The fourth-order valence-corrected chi connectivity index (χ4v) is 1.28. The highest BCUT2D eigenvalue weighted by Crippen LogP contribution is 2.12. The highest BCUT2D eigenvalue weighted by Gasteiger charge is 2.18. The number of carbonyl (C=O) groups excluding carboxylic acids is 1. The number of hydrogen-bond acceptors (Lipinski definition) is 2. The summed E-state index contributed by atoms with van der Waals surface area (Å²) in [7, 11) is 0. The van der Waals surface area contributed by atoms with E-state index in [0.717, 1.165) is 26.2 Å². The molecule has 11 heavy (non-hydrogen) atoms. The maximum Gasteiger partial charge on any atom is 0.220 e. The van der Waals surface area contributed by atoms with Crippen LogP contribution < -0.4 is 5.32 Å². The molecule has 3 heteroatoms. The lowest BCUT2D eigenvalue weighted by molar-refractivity contribution is -0.124. The second kappa shape index (κ2) is 4.34. The van der Waals surface area contributed by atoms with Crippen molar-refractivity contribution in [3.63, 3.8) is 0 Å². The van der Waals surface area contributed by atoms with E-state index in [4.69, 9.17) is 4.74 Å². The molecule has 0 saturated carbocycles. The smallest absolute Gasteiger partial charge is 0.220 e. The van der Waals surface area contributed by atoms with E-state index in [1.54, 1.807) is 0 Å². The zero-order valence-electron chi connectivity index (χ0n) is 6.93. The summed E-state index contributed by atoms with van der Waals surface area (Å²) in [6, 6.07) is 0. The minimum absolute atomic E-state index is 0.168. The molecule has 1 atom stereocenters. The van der Waals surface area contributed by atoms with E-state index in [9.17, 15) is 4.79 Å². The van der Waals surface area contributed by atoms with Gasteiger partial charge in [0.1, 0.15) is 0 Å². The first-order valence-corrected chi connectivity index (χ1v) is 4.17. The molecule has 0 bridgehead atoms. The van der Waals surface area contributed by atoms with E-state index in [1.165, 1.54) is 0 Å². The fraction of sp³-hybridized carbons (Fsp3) is 0.875. The average molecular weight is 157 g/mol. The maximum atomic E-state index is 10.9. The first-order chi connectivity index (χ1) is 5.33. The highest BCUT2D eigenvalue weighted by molar-refractivity contribution is 5.76. The summed E-state index contributed by atoms with van der Waals surface area (Å²) in [6.07, 6.45) is 1.70. The van der Waals surface area contributed by atoms with Gasteiger partial charge in [0.05, 0.1) is 0 Å². The number of piperidine rings is 1. The predicted molar refractivity (Wildman–Crippen MR) is 42.2 cm³/mol. The van der Waals surface area contributed by atoms with Gasteiger partial charge >= 0.3 is 0 Å². The maximum absolute atomic E-state index is 10.9. The fourth-order valence-electron chi connectivity index (χ4n) is 1.28. The van der Waals surface area contributed by atoms with Crippen LogP contribution in [0.1, 0.15) is 19.8 Å². The summed E-state index contributed by atoms with van der Waals surface area (Å²) in [4.78, 5) is 10.9. The third-order valence-corrected chi connectivity index (χ3v) is 1.91. The van der Waals surface area contributed by atoms with Gasteiger partial charge in [0.15, 0.2) is 0 Å². The molecule has 3 nitrogen and oxygen atoms in total. The van der Waals surface area contributed by atoms with Crippen LogP contribution in [0.3, 0.4) is 0 Å². The normalized spacial score (nSPS) is 24.8. The summed E-state index contributed by atoms with van der Waals surface area (Å²) < 4.78 is 5.24. The van der Waals surface area contributed by atoms with Gasteiger partial charge in [-0.05, 0) is 19.3 Å². The minimum Gasteiger partial charge on any atom is -0.381 e. The van der Waals surface area contributed by atoms with E-state index in [1.807, 2.05) is 6.92 Å². The molecule has 0 radical (unpaired) electrons. The molecule has 0 unspecified atom stereocenters. The molecule has 0 aromatic rings. The molecule has 1 saturated heterocycles. The zero-order valence-corrected chi connectivity index (χ0v) is 6.93. The summed E-state index contributed by atoms with van der Waals surface area (Å²) in [6.45, 7) is 4.28. The quantitative estimate of drug-likeness (QED) is 0.649. The Labute approximate surface area is 67.1 Å². The Balaban J connectivity index is 2.17. The van der Waals surface area contributed by atoms with Crippen molar-refractivity contribution in [2.75, 3.05) is 19.8 Å². The van der Waals surface area contributed by atoms with Crippen LogP contribution in [0.4, 0.5) is 0 Å². The van der Waals surface area contributed by atoms with Crippen LogP contribution in [0.2, 0.25) is 0 Å². The number of hydrogen-bond donors (Lipinski definition) is 1. The third kappa shape index (κ3) is 2.89. The SMILES string of the molecule is CCOC[C@@H]1CCNC(=O)C1. The molecular weight excluding hydrogens is 142 g/mol. The van der Waals surface area contributed by atoms with Crippen LogP contribution >= 0.6 is 0 Å².